The van der Waals surface area contributed by atoms with Gasteiger partial charge >= 0.3 is 0 Å². The second-order valence-corrected chi connectivity index (χ2v) is 11.7. The Kier molecular flexibility index (Phi) is 7.46. The van der Waals surface area contributed by atoms with E-state index in [1.807, 2.05) is 19.4 Å². The van der Waals surface area contributed by atoms with E-state index >= 15 is 0 Å². The van der Waals surface area contributed by atoms with Gasteiger partial charge < -0.3 is 0 Å². The van der Waals surface area contributed by atoms with E-state index in [4.69, 9.17) is 0 Å². The van der Waals surface area contributed by atoms with Crippen LogP contribution in [0, 0.1) is 46.3 Å². The van der Waals surface area contributed by atoms with Crippen molar-refractivity contribution in [2.45, 2.75) is 107 Å². The fourth-order valence-electron chi connectivity index (χ4n) is 7.65. The molecular formula is C30H50. The van der Waals surface area contributed by atoms with E-state index in [0.717, 1.165) is 23.7 Å². The van der Waals surface area contributed by atoms with E-state index in [9.17, 15) is 0 Å². The third-order valence-electron chi connectivity index (χ3n) is 9.96. The molecular weight excluding hydrogens is 360 g/mol. The van der Waals surface area contributed by atoms with E-state index in [-0.39, 0.29) is 0 Å². The molecule has 4 aliphatic carbocycles. The van der Waals surface area contributed by atoms with Crippen LogP contribution in [0.15, 0.2) is 35.5 Å². The minimum absolute atomic E-state index is 0.486. The molecule has 30 heavy (non-hydrogen) atoms. The first-order chi connectivity index (χ1) is 14.3. The maximum atomic E-state index is 2.66. The van der Waals surface area contributed by atoms with Crippen molar-refractivity contribution in [1.29, 1.82) is 0 Å². The summed E-state index contributed by atoms with van der Waals surface area (Å²) in [6.45, 7) is 18.8. The van der Waals surface area contributed by atoms with Gasteiger partial charge in [0.2, 0.25) is 0 Å². The molecule has 0 saturated heterocycles. The normalized spacial score (nSPS) is 39.8. The number of rotatable bonds is 4. The van der Waals surface area contributed by atoms with Gasteiger partial charge in [-0.25, -0.2) is 0 Å². The van der Waals surface area contributed by atoms with Crippen LogP contribution in [-0.4, -0.2) is 0 Å². The van der Waals surface area contributed by atoms with E-state index in [1.54, 1.807) is 5.57 Å². The van der Waals surface area contributed by atoms with Crippen LogP contribution in [0.25, 0.3) is 0 Å². The second kappa shape index (κ2) is 9.38. The zero-order valence-electron chi connectivity index (χ0n) is 21.4. The van der Waals surface area contributed by atoms with Crippen molar-refractivity contribution in [3.05, 3.63) is 35.5 Å². The van der Waals surface area contributed by atoms with Gasteiger partial charge in [0.05, 0.1) is 0 Å². The third kappa shape index (κ3) is 4.02. The molecule has 170 valence electrons. The molecule has 0 aliphatic heterocycles. The zero-order chi connectivity index (χ0) is 22.1. The van der Waals surface area contributed by atoms with Crippen molar-refractivity contribution in [3.63, 3.8) is 0 Å². The van der Waals surface area contributed by atoms with Gasteiger partial charge in [-0.2, -0.15) is 0 Å². The highest BCUT2D eigenvalue weighted by Gasteiger charge is 2.56. The van der Waals surface area contributed by atoms with Crippen LogP contribution >= 0.6 is 0 Å². The number of allylic oxidation sites excluding steroid dienone is 6. The fourth-order valence-corrected chi connectivity index (χ4v) is 7.65. The monoisotopic (exact) mass is 410 g/mol. The maximum absolute atomic E-state index is 2.66. The lowest BCUT2D eigenvalue weighted by Crippen LogP contribution is -2.45. The number of hydrogen-bond donors (Lipinski definition) is 0. The third-order valence-corrected chi connectivity index (χ3v) is 9.96. The lowest BCUT2D eigenvalue weighted by molar-refractivity contribution is 0.0575. The second-order valence-electron chi connectivity index (χ2n) is 11.7. The van der Waals surface area contributed by atoms with Crippen molar-refractivity contribution in [2.75, 3.05) is 0 Å². The quantitative estimate of drug-likeness (QED) is 0.405. The minimum Gasteiger partial charge on any atom is -0.0852 e. The molecule has 0 amide bonds. The van der Waals surface area contributed by atoms with E-state index in [1.165, 1.54) is 51.4 Å². The Morgan fingerprint density at radius 2 is 1.60 bits per heavy atom. The van der Waals surface area contributed by atoms with Crippen LogP contribution in [0.4, 0.5) is 0 Å². The first kappa shape index (κ1) is 23.9. The minimum atomic E-state index is 0.486. The van der Waals surface area contributed by atoms with Gasteiger partial charge in [-0.1, -0.05) is 97.3 Å². The Hall–Kier alpha value is -0.780. The highest BCUT2D eigenvalue weighted by atomic mass is 14.6. The molecule has 0 radical (unpaired) electrons. The first-order valence-corrected chi connectivity index (χ1v) is 13.4. The first-order valence-electron chi connectivity index (χ1n) is 13.4. The summed E-state index contributed by atoms with van der Waals surface area (Å²) in [5, 5.41) is 0. The Morgan fingerprint density at radius 1 is 0.867 bits per heavy atom. The fraction of sp³-hybridized carbons (Fsp3) is 0.800. The van der Waals surface area contributed by atoms with Gasteiger partial charge in [0.25, 0.3) is 0 Å². The molecule has 0 bridgehead atoms. The van der Waals surface area contributed by atoms with Gasteiger partial charge in [-0.3, -0.25) is 0 Å². The van der Waals surface area contributed by atoms with Crippen LogP contribution < -0.4 is 0 Å². The molecule has 0 spiro atoms. The van der Waals surface area contributed by atoms with Crippen LogP contribution in [0.1, 0.15) is 107 Å². The van der Waals surface area contributed by atoms with Crippen LogP contribution in [0.2, 0.25) is 0 Å². The highest BCUT2D eigenvalue weighted by molar-refractivity contribution is 5.38. The summed E-state index contributed by atoms with van der Waals surface area (Å²) in [6.07, 6.45) is 21.7. The van der Waals surface area contributed by atoms with E-state index in [2.05, 4.69) is 65.8 Å². The van der Waals surface area contributed by atoms with Gasteiger partial charge in [0.1, 0.15) is 0 Å². The highest BCUT2D eigenvalue weighted by Crippen LogP contribution is 2.65. The van der Waals surface area contributed by atoms with E-state index < -0.39 is 0 Å². The lowest BCUT2D eigenvalue weighted by Gasteiger charge is -2.54. The van der Waals surface area contributed by atoms with Crippen LogP contribution in [0.3, 0.4) is 0 Å². The summed E-state index contributed by atoms with van der Waals surface area (Å²) in [5.74, 6) is 4.70. The lowest BCUT2D eigenvalue weighted by atomic mass is 9.50. The standard InChI is InChI=1S/C28H44.C2H6/c1-19(2)20(3)10-11-21(4)24-14-15-25-23-13-12-22-9-7-8-17-27(22,5)26(23)16-18-28(24,25)6;1-2/h10-13,19-21,24-26H,7-9,14-18H2,1-6H3;1-2H3/b11-10+;. The molecule has 0 aromatic carbocycles. The summed E-state index contributed by atoms with van der Waals surface area (Å²) in [7, 11) is 0. The average Bonchev–Trinajstić information content (AvgIpc) is 3.10. The van der Waals surface area contributed by atoms with Crippen molar-refractivity contribution in [3.8, 4) is 0 Å². The molecule has 7 atom stereocenters. The molecule has 0 heterocycles. The molecule has 7 unspecified atom stereocenters. The topological polar surface area (TPSA) is 0 Å². The summed E-state index contributed by atoms with van der Waals surface area (Å²) < 4.78 is 0. The number of fused-ring (bicyclic) bond motifs is 5. The van der Waals surface area contributed by atoms with Gasteiger partial charge in [0, 0.05) is 0 Å². The maximum Gasteiger partial charge on any atom is -0.00476 e. The summed E-state index contributed by atoms with van der Waals surface area (Å²) in [5.41, 5.74) is 4.64. The molecule has 0 heteroatoms. The van der Waals surface area contributed by atoms with Crippen molar-refractivity contribution >= 4 is 0 Å². The van der Waals surface area contributed by atoms with Gasteiger partial charge in [0.15, 0.2) is 0 Å². The summed E-state index contributed by atoms with van der Waals surface area (Å²) in [6, 6.07) is 0. The zero-order valence-corrected chi connectivity index (χ0v) is 21.4. The summed E-state index contributed by atoms with van der Waals surface area (Å²) >= 11 is 0. The Labute approximate surface area is 188 Å². The predicted molar refractivity (Wildman–Crippen MR) is 133 cm³/mol. The van der Waals surface area contributed by atoms with Crippen molar-refractivity contribution in [2.24, 2.45) is 46.3 Å². The SMILES string of the molecule is CC.CC(C)C(C)/C=C/C(C)C1CCC2C3=CC=C4CCCCC4(C)C3CCC21C. The number of hydrogen-bond acceptors (Lipinski definition) is 0. The molecule has 4 aliphatic rings. The van der Waals surface area contributed by atoms with Gasteiger partial charge in [-0.05, 0) is 91.3 Å². The Morgan fingerprint density at radius 3 is 2.30 bits per heavy atom. The molecule has 0 nitrogen and oxygen atoms in total. The largest absolute Gasteiger partial charge is 0.0852 e. The Balaban J connectivity index is 0.00000124. The van der Waals surface area contributed by atoms with Gasteiger partial charge in [-0.15, -0.1) is 0 Å². The van der Waals surface area contributed by atoms with E-state index in [0.29, 0.717) is 22.7 Å². The molecule has 0 aromatic rings. The summed E-state index contributed by atoms with van der Waals surface area (Å²) in [4.78, 5) is 0. The molecule has 0 N–H and O–H groups in total. The molecule has 0 aromatic heterocycles. The van der Waals surface area contributed by atoms with Crippen LogP contribution in [-0.2, 0) is 0 Å². The molecule has 3 saturated carbocycles. The van der Waals surface area contributed by atoms with Crippen molar-refractivity contribution < 1.29 is 0 Å². The average molecular weight is 411 g/mol. The predicted octanol–water partition coefficient (Wildman–Crippen LogP) is 9.39. The molecule has 4 rings (SSSR count). The smallest absolute Gasteiger partial charge is 0.00476 e. The Bertz CT molecular complexity index is 676. The van der Waals surface area contributed by atoms with Crippen LogP contribution in [0.5, 0.6) is 0 Å². The van der Waals surface area contributed by atoms with Crippen molar-refractivity contribution in [1.82, 2.24) is 0 Å². The molecule has 3 fully saturated rings.